The van der Waals surface area contributed by atoms with Gasteiger partial charge in [-0.1, -0.05) is 43.3 Å². The van der Waals surface area contributed by atoms with Crippen LogP contribution in [0.5, 0.6) is 5.75 Å². The van der Waals surface area contributed by atoms with Crippen LogP contribution < -0.4 is 15.0 Å². The first kappa shape index (κ1) is 19.1. The third kappa shape index (κ3) is 3.83. The second kappa shape index (κ2) is 8.39. The summed E-state index contributed by atoms with van der Waals surface area (Å²) in [6.07, 6.45) is 1.76. The van der Waals surface area contributed by atoms with Gasteiger partial charge < -0.3 is 15.0 Å². The van der Waals surface area contributed by atoms with Crippen molar-refractivity contribution in [3.8, 4) is 5.75 Å². The molecule has 4 nitrogen and oxygen atoms in total. The van der Waals surface area contributed by atoms with Gasteiger partial charge in [0.25, 0.3) is 5.91 Å². The maximum absolute atomic E-state index is 13.5. The third-order valence-electron chi connectivity index (χ3n) is 5.59. The summed E-state index contributed by atoms with van der Waals surface area (Å²) in [7, 11) is 1.63. The average Bonchev–Trinajstić information content (AvgIpc) is 2.79. The molecule has 0 bridgehead atoms. The zero-order chi connectivity index (χ0) is 20.2. The van der Waals surface area contributed by atoms with Crippen LogP contribution in [0, 0.1) is 0 Å². The summed E-state index contributed by atoms with van der Waals surface area (Å²) < 4.78 is 5.23. The number of rotatable bonds is 5. The molecule has 1 heterocycles. The number of nitrogens with zero attached hydrogens (tertiary/aromatic N) is 1. The van der Waals surface area contributed by atoms with Gasteiger partial charge in [-0.2, -0.15) is 0 Å². The van der Waals surface area contributed by atoms with E-state index in [1.807, 2.05) is 59.5 Å². The topological polar surface area (TPSA) is 41.6 Å². The normalized spacial score (nSPS) is 18.1. The highest BCUT2D eigenvalue weighted by Gasteiger charge is 2.35. The first-order valence-electron chi connectivity index (χ1n) is 10.1. The van der Waals surface area contributed by atoms with Crippen molar-refractivity contribution in [1.29, 1.82) is 0 Å². The van der Waals surface area contributed by atoms with Crippen molar-refractivity contribution < 1.29 is 9.53 Å². The number of para-hydroxylation sites is 2. The first-order valence-corrected chi connectivity index (χ1v) is 10.1. The van der Waals surface area contributed by atoms with Crippen LogP contribution in [-0.2, 0) is 0 Å². The van der Waals surface area contributed by atoms with Crippen molar-refractivity contribution in [3.63, 3.8) is 0 Å². The molecule has 4 rings (SSSR count). The highest BCUT2D eigenvalue weighted by atomic mass is 16.5. The molecular weight excluding hydrogens is 360 g/mol. The number of anilines is 2. The molecule has 1 aliphatic rings. The van der Waals surface area contributed by atoms with Crippen molar-refractivity contribution >= 4 is 17.3 Å². The molecule has 0 unspecified atom stereocenters. The second-order valence-corrected chi connectivity index (χ2v) is 7.32. The van der Waals surface area contributed by atoms with Crippen molar-refractivity contribution in [2.75, 3.05) is 17.3 Å². The average molecular weight is 386 g/mol. The number of fused-ring (bicyclic) bond motifs is 1. The Bertz CT molecular complexity index is 970. The predicted octanol–water partition coefficient (Wildman–Crippen LogP) is 5.68. The van der Waals surface area contributed by atoms with Gasteiger partial charge in [-0.3, -0.25) is 4.79 Å². The molecule has 2 atom stereocenters. The summed E-state index contributed by atoms with van der Waals surface area (Å²) in [5.41, 5.74) is 3.91. The van der Waals surface area contributed by atoms with Gasteiger partial charge in [0, 0.05) is 23.0 Å². The van der Waals surface area contributed by atoms with Gasteiger partial charge in [-0.05, 0) is 60.9 Å². The molecule has 1 amide bonds. The largest absolute Gasteiger partial charge is 0.497 e. The summed E-state index contributed by atoms with van der Waals surface area (Å²) in [6.45, 7) is 2.15. The first-order chi connectivity index (χ1) is 14.2. The number of nitrogens with one attached hydrogen (secondary N) is 1. The highest BCUT2D eigenvalue weighted by Crippen LogP contribution is 2.40. The minimum absolute atomic E-state index is 0.0325. The zero-order valence-corrected chi connectivity index (χ0v) is 16.8. The number of ether oxygens (including phenoxy) is 1. The Morgan fingerprint density at radius 2 is 1.69 bits per heavy atom. The van der Waals surface area contributed by atoms with Crippen LogP contribution in [0.4, 0.5) is 11.4 Å². The summed E-state index contributed by atoms with van der Waals surface area (Å²) in [5.74, 6) is 0.782. The minimum atomic E-state index is 0.0325. The van der Waals surface area contributed by atoms with Crippen LogP contribution in [0.3, 0.4) is 0 Å². The fourth-order valence-electron chi connectivity index (χ4n) is 4.07. The lowest BCUT2D eigenvalue weighted by atomic mass is 9.89. The van der Waals surface area contributed by atoms with Gasteiger partial charge in [-0.25, -0.2) is 0 Å². The van der Waals surface area contributed by atoms with E-state index in [0.29, 0.717) is 5.56 Å². The Hall–Kier alpha value is -3.27. The SMILES string of the molecule is CC[C@@H]1C[C@H](Nc2ccccc2)c2ccccc2N1C(=O)c1ccc(OC)cc1. The van der Waals surface area contributed by atoms with E-state index in [0.717, 1.165) is 35.5 Å². The second-order valence-electron chi connectivity index (χ2n) is 7.32. The Balaban J connectivity index is 1.69. The molecule has 0 radical (unpaired) electrons. The fourth-order valence-corrected chi connectivity index (χ4v) is 4.07. The third-order valence-corrected chi connectivity index (χ3v) is 5.59. The van der Waals surface area contributed by atoms with E-state index in [4.69, 9.17) is 4.74 Å². The molecule has 148 valence electrons. The van der Waals surface area contributed by atoms with Crippen LogP contribution >= 0.6 is 0 Å². The van der Waals surface area contributed by atoms with Gasteiger partial charge in [-0.15, -0.1) is 0 Å². The van der Waals surface area contributed by atoms with E-state index in [2.05, 4.69) is 36.5 Å². The summed E-state index contributed by atoms with van der Waals surface area (Å²) in [6, 6.07) is 26.1. The Morgan fingerprint density at radius 1 is 1.00 bits per heavy atom. The van der Waals surface area contributed by atoms with Crippen molar-refractivity contribution in [2.24, 2.45) is 0 Å². The van der Waals surface area contributed by atoms with Crippen LogP contribution in [0.2, 0.25) is 0 Å². The Labute approximate surface area is 172 Å². The van der Waals surface area contributed by atoms with Crippen LogP contribution in [0.15, 0.2) is 78.9 Å². The number of benzene rings is 3. The van der Waals surface area contributed by atoms with Crippen molar-refractivity contribution in [3.05, 3.63) is 90.0 Å². The molecule has 3 aromatic rings. The summed E-state index contributed by atoms with van der Waals surface area (Å²) >= 11 is 0. The van der Waals surface area contributed by atoms with Gasteiger partial charge in [0.05, 0.1) is 13.2 Å². The van der Waals surface area contributed by atoms with E-state index < -0.39 is 0 Å². The maximum atomic E-state index is 13.5. The lowest BCUT2D eigenvalue weighted by Crippen LogP contribution is -2.45. The van der Waals surface area contributed by atoms with Gasteiger partial charge >= 0.3 is 0 Å². The summed E-state index contributed by atoms with van der Waals surface area (Å²) in [5, 5.41) is 3.66. The minimum Gasteiger partial charge on any atom is -0.497 e. The van der Waals surface area contributed by atoms with Crippen molar-refractivity contribution in [2.45, 2.75) is 31.8 Å². The lowest BCUT2D eigenvalue weighted by molar-refractivity contribution is 0.0971. The van der Waals surface area contributed by atoms with Crippen LogP contribution in [-0.4, -0.2) is 19.1 Å². The van der Waals surface area contributed by atoms with Gasteiger partial charge in [0.15, 0.2) is 0 Å². The van der Waals surface area contributed by atoms with Gasteiger partial charge in [0.2, 0.25) is 0 Å². The quantitative estimate of drug-likeness (QED) is 0.613. The molecule has 0 fully saturated rings. The van der Waals surface area contributed by atoms with E-state index in [9.17, 15) is 4.79 Å². The number of hydrogen-bond acceptors (Lipinski definition) is 3. The number of amides is 1. The number of carbonyl (C=O) groups is 1. The summed E-state index contributed by atoms with van der Waals surface area (Å²) in [4.78, 5) is 15.4. The smallest absolute Gasteiger partial charge is 0.258 e. The molecule has 0 saturated heterocycles. The van der Waals surface area contributed by atoms with E-state index in [-0.39, 0.29) is 18.0 Å². The molecule has 3 aromatic carbocycles. The monoisotopic (exact) mass is 386 g/mol. The van der Waals surface area contributed by atoms with Crippen molar-refractivity contribution in [1.82, 2.24) is 0 Å². The number of hydrogen-bond donors (Lipinski definition) is 1. The molecular formula is C25H26N2O2. The maximum Gasteiger partial charge on any atom is 0.258 e. The standard InChI is InChI=1S/C25H26N2O2/c1-3-20-17-23(26-19-9-5-4-6-10-19)22-11-7-8-12-24(22)27(20)25(28)18-13-15-21(29-2)16-14-18/h4-16,20,23,26H,3,17H2,1-2H3/t20-,23+/m1/s1. The molecule has 0 spiro atoms. The Morgan fingerprint density at radius 3 is 2.38 bits per heavy atom. The highest BCUT2D eigenvalue weighted by molar-refractivity contribution is 6.07. The predicted molar refractivity (Wildman–Crippen MR) is 118 cm³/mol. The van der Waals surface area contributed by atoms with E-state index in [1.54, 1.807) is 7.11 Å². The molecule has 4 heteroatoms. The number of carbonyl (C=O) groups excluding carboxylic acids is 1. The molecule has 29 heavy (non-hydrogen) atoms. The fraction of sp³-hybridized carbons (Fsp3) is 0.240. The molecule has 0 saturated carbocycles. The van der Waals surface area contributed by atoms with Gasteiger partial charge in [0.1, 0.15) is 5.75 Å². The molecule has 0 aromatic heterocycles. The Kier molecular flexibility index (Phi) is 5.52. The van der Waals surface area contributed by atoms with E-state index in [1.165, 1.54) is 0 Å². The lowest BCUT2D eigenvalue weighted by Gasteiger charge is -2.41. The number of methoxy groups -OCH3 is 1. The molecule has 1 N–H and O–H groups in total. The molecule has 1 aliphatic heterocycles. The zero-order valence-electron chi connectivity index (χ0n) is 16.8. The van der Waals surface area contributed by atoms with Crippen LogP contribution in [0.25, 0.3) is 0 Å². The van der Waals surface area contributed by atoms with E-state index >= 15 is 0 Å². The van der Waals surface area contributed by atoms with Crippen LogP contribution in [0.1, 0.15) is 41.7 Å². The molecule has 0 aliphatic carbocycles.